The van der Waals surface area contributed by atoms with Crippen LogP contribution in [0.4, 0.5) is 0 Å². The predicted octanol–water partition coefficient (Wildman–Crippen LogP) is 2.32. The molecule has 6 heteroatoms. The van der Waals surface area contributed by atoms with Crippen molar-refractivity contribution >= 4 is 10.9 Å². The van der Waals surface area contributed by atoms with E-state index in [-0.39, 0.29) is 5.56 Å². The van der Waals surface area contributed by atoms with Crippen LogP contribution in [0.5, 0.6) is 5.75 Å². The largest absolute Gasteiger partial charge is 0.497 e. The fraction of sp³-hybridized carbons (Fsp3) is 0.333. The van der Waals surface area contributed by atoms with E-state index >= 15 is 0 Å². The molecule has 1 saturated heterocycles. The van der Waals surface area contributed by atoms with Crippen LogP contribution in [0.1, 0.15) is 18.9 Å². The predicted molar refractivity (Wildman–Crippen MR) is 93.5 cm³/mol. The van der Waals surface area contributed by atoms with Crippen LogP contribution >= 0.6 is 0 Å². The van der Waals surface area contributed by atoms with Gasteiger partial charge in [0.05, 0.1) is 12.7 Å². The van der Waals surface area contributed by atoms with E-state index in [1.165, 1.54) is 0 Å². The van der Waals surface area contributed by atoms with Crippen LogP contribution in [0.15, 0.2) is 41.5 Å². The summed E-state index contributed by atoms with van der Waals surface area (Å²) in [4.78, 5) is 20.0. The average molecular weight is 324 g/mol. The summed E-state index contributed by atoms with van der Waals surface area (Å²) in [6.07, 6.45) is 5.83. The zero-order chi connectivity index (χ0) is 16.5. The number of hydrogen-bond donors (Lipinski definition) is 2. The molecule has 3 heterocycles. The smallest absolute Gasteiger partial charge is 0.259 e. The summed E-state index contributed by atoms with van der Waals surface area (Å²) in [5.41, 5.74) is 1.28. The molecule has 24 heavy (non-hydrogen) atoms. The van der Waals surface area contributed by atoms with Gasteiger partial charge in [-0.2, -0.15) is 0 Å². The van der Waals surface area contributed by atoms with Crippen molar-refractivity contribution in [3.05, 3.63) is 47.0 Å². The molecule has 0 aliphatic carbocycles. The van der Waals surface area contributed by atoms with E-state index in [0.717, 1.165) is 48.4 Å². The van der Waals surface area contributed by atoms with Crippen molar-refractivity contribution in [3.8, 4) is 17.1 Å². The highest BCUT2D eigenvalue weighted by Gasteiger charge is 2.20. The summed E-state index contributed by atoms with van der Waals surface area (Å²) in [5.74, 6) is 1.50. The maximum atomic E-state index is 12.6. The average Bonchev–Trinajstić information content (AvgIpc) is 3.11. The second kappa shape index (κ2) is 6.13. The lowest BCUT2D eigenvalue weighted by atomic mass is 10.1. The molecule has 2 N–H and O–H groups in total. The first-order valence-electron chi connectivity index (χ1n) is 8.21. The van der Waals surface area contributed by atoms with Gasteiger partial charge in [-0.3, -0.25) is 4.79 Å². The van der Waals surface area contributed by atoms with E-state index in [4.69, 9.17) is 4.74 Å². The Kier molecular flexibility index (Phi) is 3.82. The summed E-state index contributed by atoms with van der Waals surface area (Å²) >= 11 is 0. The van der Waals surface area contributed by atoms with Crippen molar-refractivity contribution in [2.24, 2.45) is 0 Å². The lowest BCUT2D eigenvalue weighted by Gasteiger charge is -2.25. The lowest BCUT2D eigenvalue weighted by Crippen LogP contribution is -2.29. The third-order valence-corrected chi connectivity index (χ3v) is 4.66. The van der Waals surface area contributed by atoms with Crippen molar-refractivity contribution < 1.29 is 4.74 Å². The number of fused-ring (bicyclic) bond motifs is 1. The molecule has 124 valence electrons. The van der Waals surface area contributed by atoms with Crippen LogP contribution in [0.2, 0.25) is 0 Å². The van der Waals surface area contributed by atoms with Gasteiger partial charge >= 0.3 is 0 Å². The summed E-state index contributed by atoms with van der Waals surface area (Å²) < 4.78 is 7.42. The van der Waals surface area contributed by atoms with E-state index in [2.05, 4.69) is 19.9 Å². The number of hydrogen-bond acceptors (Lipinski definition) is 4. The summed E-state index contributed by atoms with van der Waals surface area (Å²) in [6.45, 7) is 1.99. The van der Waals surface area contributed by atoms with Gasteiger partial charge < -0.3 is 19.6 Å². The second-order valence-electron chi connectivity index (χ2n) is 6.10. The van der Waals surface area contributed by atoms with E-state index in [1.807, 2.05) is 30.5 Å². The molecule has 0 spiro atoms. The molecule has 3 aromatic rings. The van der Waals surface area contributed by atoms with E-state index in [1.54, 1.807) is 13.3 Å². The summed E-state index contributed by atoms with van der Waals surface area (Å²) in [6, 6.07) is 7.90. The molecule has 0 unspecified atom stereocenters. The van der Waals surface area contributed by atoms with Gasteiger partial charge in [0.15, 0.2) is 0 Å². The van der Waals surface area contributed by atoms with Crippen molar-refractivity contribution in [2.75, 3.05) is 20.2 Å². The number of methoxy groups -OCH3 is 1. The SMILES string of the molecule is COc1ccc2[nH]c(=O)c(-c3nccn3C3CCNCC3)cc2c1. The number of nitrogens with one attached hydrogen (secondary N) is 2. The molecule has 1 fully saturated rings. The zero-order valence-electron chi connectivity index (χ0n) is 13.6. The highest BCUT2D eigenvalue weighted by molar-refractivity contribution is 5.83. The molecule has 4 rings (SSSR count). The minimum absolute atomic E-state index is 0.117. The number of H-pyrrole nitrogens is 1. The Hall–Kier alpha value is -2.60. The Balaban J connectivity index is 1.83. The molecule has 0 bridgehead atoms. The first kappa shape index (κ1) is 15.0. The fourth-order valence-electron chi connectivity index (χ4n) is 3.38. The van der Waals surface area contributed by atoms with Crippen LogP contribution in [-0.4, -0.2) is 34.7 Å². The number of rotatable bonds is 3. The number of ether oxygens (including phenoxy) is 1. The Morgan fingerprint density at radius 3 is 2.88 bits per heavy atom. The maximum absolute atomic E-state index is 12.6. The number of nitrogens with zero attached hydrogens (tertiary/aromatic N) is 2. The van der Waals surface area contributed by atoms with Crippen LogP contribution in [0, 0.1) is 0 Å². The molecule has 1 aromatic carbocycles. The second-order valence-corrected chi connectivity index (χ2v) is 6.10. The molecule has 1 aliphatic rings. The van der Waals surface area contributed by atoms with Crippen molar-refractivity contribution in [1.29, 1.82) is 0 Å². The highest BCUT2D eigenvalue weighted by atomic mass is 16.5. The Bertz CT molecular complexity index is 922. The number of aromatic nitrogens is 3. The lowest BCUT2D eigenvalue weighted by molar-refractivity contribution is 0.370. The van der Waals surface area contributed by atoms with Gasteiger partial charge in [-0.05, 0) is 50.2 Å². The van der Waals surface area contributed by atoms with Gasteiger partial charge in [-0.25, -0.2) is 4.98 Å². The van der Waals surface area contributed by atoms with E-state index in [9.17, 15) is 4.79 Å². The quantitative estimate of drug-likeness (QED) is 0.775. The highest BCUT2D eigenvalue weighted by Crippen LogP contribution is 2.27. The molecule has 0 radical (unpaired) electrons. The molecule has 1 aliphatic heterocycles. The molecule has 0 saturated carbocycles. The van der Waals surface area contributed by atoms with Gasteiger partial charge in [0.2, 0.25) is 0 Å². The molecule has 2 aromatic heterocycles. The normalized spacial score (nSPS) is 15.7. The van der Waals surface area contributed by atoms with Crippen molar-refractivity contribution in [2.45, 2.75) is 18.9 Å². The third-order valence-electron chi connectivity index (χ3n) is 4.66. The van der Waals surface area contributed by atoms with Gasteiger partial charge in [0, 0.05) is 29.3 Å². The van der Waals surface area contributed by atoms with E-state index in [0.29, 0.717) is 11.6 Å². The summed E-state index contributed by atoms with van der Waals surface area (Å²) in [5, 5.41) is 4.30. The first-order valence-corrected chi connectivity index (χ1v) is 8.21. The van der Waals surface area contributed by atoms with Crippen LogP contribution in [0.25, 0.3) is 22.3 Å². The van der Waals surface area contributed by atoms with Crippen LogP contribution in [0.3, 0.4) is 0 Å². The topological polar surface area (TPSA) is 71.9 Å². The third kappa shape index (κ3) is 2.59. The number of imidazole rings is 1. The molecule has 6 nitrogen and oxygen atoms in total. The maximum Gasteiger partial charge on any atom is 0.259 e. The monoisotopic (exact) mass is 324 g/mol. The van der Waals surface area contributed by atoms with Crippen molar-refractivity contribution in [3.63, 3.8) is 0 Å². The number of benzene rings is 1. The van der Waals surface area contributed by atoms with Crippen molar-refractivity contribution in [1.82, 2.24) is 19.9 Å². The molecule has 0 amide bonds. The first-order chi connectivity index (χ1) is 11.8. The Labute approximate surface area is 139 Å². The van der Waals surface area contributed by atoms with E-state index < -0.39 is 0 Å². The van der Waals surface area contributed by atoms with Crippen LogP contribution in [-0.2, 0) is 0 Å². The summed E-state index contributed by atoms with van der Waals surface area (Å²) in [7, 11) is 1.64. The number of piperidine rings is 1. The zero-order valence-corrected chi connectivity index (χ0v) is 13.6. The Morgan fingerprint density at radius 1 is 1.25 bits per heavy atom. The fourth-order valence-corrected chi connectivity index (χ4v) is 3.38. The van der Waals surface area contributed by atoms with Gasteiger partial charge in [-0.1, -0.05) is 0 Å². The number of pyridine rings is 1. The molecule has 0 atom stereocenters. The van der Waals surface area contributed by atoms with Gasteiger partial charge in [0.1, 0.15) is 11.6 Å². The molecular formula is C18H20N4O2. The van der Waals surface area contributed by atoms with Gasteiger partial charge in [-0.15, -0.1) is 0 Å². The minimum Gasteiger partial charge on any atom is -0.497 e. The minimum atomic E-state index is -0.117. The Morgan fingerprint density at radius 2 is 2.08 bits per heavy atom. The standard InChI is InChI=1S/C18H20N4O2/c1-24-14-2-3-16-12(10-14)11-15(18(23)21-16)17-20-8-9-22(17)13-4-6-19-7-5-13/h2-3,8-11,13,19H,4-7H2,1H3,(H,21,23). The molecular weight excluding hydrogens is 304 g/mol. The van der Waals surface area contributed by atoms with Crippen LogP contribution < -0.4 is 15.6 Å². The number of aromatic amines is 1. The van der Waals surface area contributed by atoms with Gasteiger partial charge in [0.25, 0.3) is 5.56 Å².